The van der Waals surface area contributed by atoms with Crippen LogP contribution in [0, 0.1) is 20.8 Å². The number of hydrogen-bond acceptors (Lipinski definition) is 4. The van der Waals surface area contributed by atoms with Crippen LogP contribution in [-0.4, -0.2) is 14.0 Å². The average molecular weight is 490 g/mol. The predicted octanol–water partition coefficient (Wildman–Crippen LogP) is 4.81. The van der Waals surface area contributed by atoms with E-state index in [1.807, 2.05) is 50.3 Å². The number of hydrogen-bond donors (Lipinski definition) is 0. The Morgan fingerprint density at radius 2 is 1.79 bits per heavy atom. The fraction of sp³-hybridized carbons (Fsp3) is 0.222. The molecule has 0 aliphatic carbocycles. The molecule has 7 heteroatoms. The lowest BCUT2D eigenvalue weighted by Crippen LogP contribution is -2.33. The Hall–Kier alpha value is -3.22. The maximum absolute atomic E-state index is 13.3. The summed E-state index contributed by atoms with van der Waals surface area (Å²) in [7, 11) is 0. The molecule has 0 atom stereocenters. The van der Waals surface area contributed by atoms with Crippen LogP contribution >= 0.6 is 22.9 Å². The van der Waals surface area contributed by atoms with Crippen LogP contribution in [0.2, 0.25) is 5.02 Å². The predicted molar refractivity (Wildman–Crippen MR) is 140 cm³/mol. The van der Waals surface area contributed by atoms with Crippen molar-refractivity contribution in [3.63, 3.8) is 0 Å². The van der Waals surface area contributed by atoms with E-state index in [-0.39, 0.29) is 11.1 Å². The normalized spacial score (nSPS) is 12.3. The van der Waals surface area contributed by atoms with Crippen LogP contribution in [0.5, 0.6) is 0 Å². The minimum atomic E-state index is -0.314. The summed E-state index contributed by atoms with van der Waals surface area (Å²) in [5.74, 6) is 0. The molecule has 2 aromatic carbocycles. The van der Waals surface area contributed by atoms with E-state index in [1.165, 1.54) is 15.7 Å². The van der Waals surface area contributed by atoms with Crippen molar-refractivity contribution < 1.29 is 0 Å². The van der Waals surface area contributed by atoms with Gasteiger partial charge in [0, 0.05) is 39.5 Å². The third-order valence-electron chi connectivity index (χ3n) is 6.48. The fourth-order valence-corrected chi connectivity index (χ4v) is 5.87. The summed E-state index contributed by atoms with van der Waals surface area (Å²) in [6, 6.07) is 14.0. The lowest BCUT2D eigenvalue weighted by atomic mass is 10.1. The standard InChI is InChI=1S/C27H24ClN3O2S/c1-5-19-16(3)29-27-31(25(19)32)26(33)23(34-27)13-21-17(4)30(14-18-10-6-7-12-22(18)28)24-15(2)9-8-11-20(21)24/h6-13H,5,14H2,1-4H3/b23-13-. The average Bonchev–Trinajstić information content (AvgIpc) is 3.25. The van der Waals surface area contributed by atoms with Crippen molar-refractivity contribution in [1.82, 2.24) is 14.0 Å². The van der Waals surface area contributed by atoms with E-state index < -0.39 is 0 Å². The van der Waals surface area contributed by atoms with Crippen molar-refractivity contribution in [2.24, 2.45) is 0 Å². The molecule has 0 aliphatic rings. The van der Waals surface area contributed by atoms with Crippen LogP contribution in [0.4, 0.5) is 0 Å². The summed E-state index contributed by atoms with van der Waals surface area (Å²) >= 11 is 7.73. The molecule has 0 saturated carbocycles. The zero-order valence-electron chi connectivity index (χ0n) is 19.5. The van der Waals surface area contributed by atoms with Gasteiger partial charge >= 0.3 is 0 Å². The molecule has 0 bridgehead atoms. The van der Waals surface area contributed by atoms with Gasteiger partial charge in [0.15, 0.2) is 0 Å². The SMILES string of the molecule is CCc1c(C)nc2s/c(=C\c3c(C)n(Cc4ccccc4Cl)c4c(C)cccc34)c(=O)n2c1=O. The highest BCUT2D eigenvalue weighted by Crippen LogP contribution is 2.31. The van der Waals surface area contributed by atoms with E-state index in [0.29, 0.717) is 33.7 Å². The zero-order valence-corrected chi connectivity index (χ0v) is 21.0. The molecule has 0 saturated heterocycles. The Bertz CT molecular complexity index is 1760. The molecular weight excluding hydrogens is 466 g/mol. The summed E-state index contributed by atoms with van der Waals surface area (Å²) in [4.78, 5) is 31.2. The lowest BCUT2D eigenvalue weighted by molar-refractivity contribution is 0.802. The Balaban J connectivity index is 1.79. The van der Waals surface area contributed by atoms with Gasteiger partial charge in [-0.15, -0.1) is 0 Å². The zero-order chi connectivity index (χ0) is 24.1. The second-order valence-electron chi connectivity index (χ2n) is 8.52. The molecule has 172 valence electrons. The van der Waals surface area contributed by atoms with E-state index in [9.17, 15) is 9.59 Å². The van der Waals surface area contributed by atoms with Crippen LogP contribution < -0.4 is 15.7 Å². The Morgan fingerprint density at radius 3 is 2.53 bits per heavy atom. The molecule has 0 spiro atoms. The van der Waals surface area contributed by atoms with E-state index in [4.69, 9.17) is 11.6 Å². The van der Waals surface area contributed by atoms with Crippen molar-refractivity contribution in [2.45, 2.75) is 40.7 Å². The molecule has 0 aliphatic heterocycles. The number of halogens is 1. The van der Waals surface area contributed by atoms with E-state index >= 15 is 0 Å². The molecule has 3 heterocycles. The number of rotatable bonds is 4. The quantitative estimate of drug-likeness (QED) is 0.364. The van der Waals surface area contributed by atoms with Crippen molar-refractivity contribution in [3.05, 3.63) is 106 Å². The van der Waals surface area contributed by atoms with Gasteiger partial charge in [0.2, 0.25) is 4.96 Å². The van der Waals surface area contributed by atoms with E-state index in [0.717, 1.165) is 38.3 Å². The van der Waals surface area contributed by atoms with Gasteiger partial charge in [-0.25, -0.2) is 9.38 Å². The minimum absolute atomic E-state index is 0.264. The third kappa shape index (κ3) is 3.49. The molecular formula is C27H24ClN3O2S. The first-order chi connectivity index (χ1) is 16.3. The number of aryl methyl sites for hydroxylation is 2. The molecule has 34 heavy (non-hydrogen) atoms. The van der Waals surface area contributed by atoms with E-state index in [1.54, 1.807) is 0 Å². The second kappa shape index (κ2) is 8.53. The number of benzene rings is 2. The highest BCUT2D eigenvalue weighted by Gasteiger charge is 2.17. The van der Waals surface area contributed by atoms with Gasteiger partial charge < -0.3 is 4.57 Å². The van der Waals surface area contributed by atoms with Crippen LogP contribution in [0.3, 0.4) is 0 Å². The molecule has 0 amide bonds. The summed E-state index contributed by atoms with van der Waals surface area (Å²) in [5, 5.41) is 1.79. The van der Waals surface area contributed by atoms with Crippen LogP contribution in [-0.2, 0) is 13.0 Å². The van der Waals surface area contributed by atoms with Crippen molar-refractivity contribution in [2.75, 3.05) is 0 Å². The summed E-state index contributed by atoms with van der Waals surface area (Å²) < 4.78 is 3.96. The Labute approximate surface area is 205 Å². The largest absolute Gasteiger partial charge is 0.340 e. The van der Waals surface area contributed by atoms with Gasteiger partial charge in [0.25, 0.3) is 11.1 Å². The number of thiazole rings is 1. The Morgan fingerprint density at radius 1 is 1.03 bits per heavy atom. The van der Waals surface area contributed by atoms with Gasteiger partial charge in [-0.05, 0) is 50.5 Å². The first-order valence-electron chi connectivity index (χ1n) is 11.2. The van der Waals surface area contributed by atoms with Gasteiger partial charge in [-0.1, -0.05) is 66.3 Å². The minimum Gasteiger partial charge on any atom is -0.340 e. The van der Waals surface area contributed by atoms with Crippen LogP contribution in [0.25, 0.3) is 21.9 Å². The molecule has 0 unspecified atom stereocenters. The molecule has 0 N–H and O–H groups in total. The highest BCUT2D eigenvalue weighted by atomic mass is 35.5. The smallest absolute Gasteiger partial charge is 0.277 e. The highest BCUT2D eigenvalue weighted by molar-refractivity contribution is 7.15. The number of nitrogens with zero attached hydrogens (tertiary/aromatic N) is 3. The Kier molecular flexibility index (Phi) is 5.66. The van der Waals surface area contributed by atoms with Crippen molar-refractivity contribution >= 4 is 44.9 Å². The van der Waals surface area contributed by atoms with Crippen LogP contribution in [0.1, 0.15) is 40.6 Å². The first-order valence-corrected chi connectivity index (χ1v) is 12.4. The fourth-order valence-electron chi connectivity index (χ4n) is 4.69. The maximum atomic E-state index is 13.3. The molecule has 5 nitrogen and oxygen atoms in total. The maximum Gasteiger partial charge on any atom is 0.277 e. The molecule has 5 aromatic rings. The van der Waals surface area contributed by atoms with Gasteiger partial charge in [-0.2, -0.15) is 0 Å². The number of aromatic nitrogens is 3. The summed E-state index contributed by atoms with van der Waals surface area (Å²) in [6.45, 7) is 8.50. The molecule has 5 rings (SSSR count). The lowest BCUT2D eigenvalue weighted by Gasteiger charge is -2.11. The number of fused-ring (bicyclic) bond motifs is 2. The van der Waals surface area contributed by atoms with Crippen molar-refractivity contribution in [1.29, 1.82) is 0 Å². The summed E-state index contributed by atoms with van der Waals surface area (Å²) in [6.07, 6.45) is 2.45. The van der Waals surface area contributed by atoms with E-state index in [2.05, 4.69) is 35.5 Å². The molecule has 0 fully saturated rings. The van der Waals surface area contributed by atoms with Crippen LogP contribution in [0.15, 0.2) is 52.1 Å². The topological polar surface area (TPSA) is 56.4 Å². The third-order valence-corrected chi connectivity index (χ3v) is 7.81. The second-order valence-corrected chi connectivity index (χ2v) is 9.93. The first kappa shape index (κ1) is 22.6. The van der Waals surface area contributed by atoms with Gasteiger partial charge in [0.1, 0.15) is 0 Å². The van der Waals surface area contributed by atoms with Crippen molar-refractivity contribution in [3.8, 4) is 0 Å². The number of para-hydroxylation sites is 1. The summed E-state index contributed by atoms with van der Waals surface area (Å²) in [5.41, 5.74) is 5.98. The monoisotopic (exact) mass is 489 g/mol. The van der Waals surface area contributed by atoms with Gasteiger partial charge in [0.05, 0.1) is 10.0 Å². The van der Waals surface area contributed by atoms with Gasteiger partial charge in [-0.3, -0.25) is 9.59 Å². The molecule has 3 aromatic heterocycles. The molecule has 0 radical (unpaired) electrons.